The van der Waals surface area contributed by atoms with Crippen molar-refractivity contribution >= 4 is 6.09 Å². The zero-order valence-electron chi connectivity index (χ0n) is 14.6. The first-order chi connectivity index (χ1) is 11.7. The van der Waals surface area contributed by atoms with E-state index < -0.39 is 29.4 Å². The van der Waals surface area contributed by atoms with Crippen LogP contribution in [0.3, 0.4) is 0 Å². The molecule has 1 amide bonds. The van der Waals surface area contributed by atoms with Gasteiger partial charge in [0.25, 0.3) is 0 Å². The highest BCUT2D eigenvalue weighted by Crippen LogP contribution is 2.21. The summed E-state index contributed by atoms with van der Waals surface area (Å²) in [6.45, 7) is 7.03. The molecule has 2 rings (SSSR count). The maximum Gasteiger partial charge on any atom is 0.408 e. The van der Waals surface area contributed by atoms with Crippen molar-refractivity contribution in [3.63, 3.8) is 0 Å². The van der Waals surface area contributed by atoms with Crippen molar-refractivity contribution in [2.75, 3.05) is 0 Å². The van der Waals surface area contributed by atoms with Gasteiger partial charge in [-0.25, -0.2) is 13.6 Å². The van der Waals surface area contributed by atoms with Crippen LogP contribution >= 0.6 is 0 Å². The maximum atomic E-state index is 14.0. The summed E-state index contributed by atoms with van der Waals surface area (Å²) in [4.78, 5) is 16.2. The smallest absolute Gasteiger partial charge is 0.408 e. The SMILES string of the molecule is CCc1noc(C(Cc2ccc(F)cc2F)NC(=O)OC(C)(C)C)n1. The third kappa shape index (κ3) is 5.51. The molecule has 8 heteroatoms. The van der Waals surface area contributed by atoms with Crippen molar-refractivity contribution in [3.05, 3.63) is 47.1 Å². The fourth-order valence-electron chi connectivity index (χ4n) is 2.11. The quantitative estimate of drug-likeness (QED) is 0.886. The molecule has 0 aliphatic rings. The minimum atomic E-state index is -0.803. The third-order valence-corrected chi connectivity index (χ3v) is 3.23. The minimum Gasteiger partial charge on any atom is -0.444 e. The predicted octanol–water partition coefficient (Wildman–Crippen LogP) is 3.72. The van der Waals surface area contributed by atoms with Crippen LogP contribution in [0.5, 0.6) is 0 Å². The van der Waals surface area contributed by atoms with Gasteiger partial charge in [0, 0.05) is 18.9 Å². The molecule has 1 aromatic carbocycles. The van der Waals surface area contributed by atoms with E-state index in [0.717, 1.165) is 12.1 Å². The van der Waals surface area contributed by atoms with Crippen LogP contribution in [-0.4, -0.2) is 21.8 Å². The Morgan fingerprint density at radius 2 is 2.08 bits per heavy atom. The molecule has 1 aromatic heterocycles. The van der Waals surface area contributed by atoms with Crippen LogP contribution in [0.15, 0.2) is 22.7 Å². The summed E-state index contributed by atoms with van der Waals surface area (Å²) < 4.78 is 37.4. The minimum absolute atomic E-state index is 0.0106. The van der Waals surface area contributed by atoms with E-state index in [9.17, 15) is 13.6 Å². The van der Waals surface area contributed by atoms with Gasteiger partial charge >= 0.3 is 6.09 Å². The van der Waals surface area contributed by atoms with Gasteiger partial charge < -0.3 is 14.6 Å². The lowest BCUT2D eigenvalue weighted by molar-refractivity contribution is 0.0493. The number of amides is 1. The number of hydrogen-bond donors (Lipinski definition) is 1. The zero-order chi connectivity index (χ0) is 18.6. The number of ether oxygens (including phenoxy) is 1. The number of nitrogens with zero attached hydrogens (tertiary/aromatic N) is 2. The molecule has 1 heterocycles. The molecule has 1 unspecified atom stereocenters. The number of rotatable bonds is 5. The fourth-order valence-corrected chi connectivity index (χ4v) is 2.11. The molecule has 0 aliphatic carbocycles. The van der Waals surface area contributed by atoms with Crippen LogP contribution in [0.4, 0.5) is 13.6 Å². The van der Waals surface area contributed by atoms with Crippen molar-refractivity contribution in [1.29, 1.82) is 0 Å². The number of halogens is 2. The Labute approximate surface area is 144 Å². The first-order valence-electron chi connectivity index (χ1n) is 7.94. The molecule has 1 atom stereocenters. The molecule has 136 valence electrons. The van der Waals surface area contributed by atoms with Crippen molar-refractivity contribution < 1.29 is 22.8 Å². The molecular formula is C17H21F2N3O3. The third-order valence-electron chi connectivity index (χ3n) is 3.23. The largest absolute Gasteiger partial charge is 0.444 e. The molecule has 25 heavy (non-hydrogen) atoms. The van der Waals surface area contributed by atoms with Gasteiger partial charge in [-0.1, -0.05) is 18.1 Å². The van der Waals surface area contributed by atoms with E-state index in [2.05, 4.69) is 15.5 Å². The van der Waals surface area contributed by atoms with Crippen LogP contribution in [0.1, 0.15) is 51.0 Å². The Bertz CT molecular complexity index is 741. The number of carbonyl (C=O) groups is 1. The molecule has 6 nitrogen and oxygen atoms in total. The Hall–Kier alpha value is -2.51. The summed E-state index contributed by atoms with van der Waals surface area (Å²) in [7, 11) is 0. The van der Waals surface area contributed by atoms with Crippen LogP contribution < -0.4 is 5.32 Å². The van der Waals surface area contributed by atoms with Gasteiger partial charge in [0.15, 0.2) is 5.82 Å². The van der Waals surface area contributed by atoms with Crippen molar-refractivity contribution in [2.45, 2.75) is 52.2 Å². The first-order valence-corrected chi connectivity index (χ1v) is 7.94. The molecular weight excluding hydrogens is 332 g/mol. The lowest BCUT2D eigenvalue weighted by Crippen LogP contribution is -2.36. The van der Waals surface area contributed by atoms with E-state index >= 15 is 0 Å². The van der Waals surface area contributed by atoms with Crippen LogP contribution in [0, 0.1) is 11.6 Å². The van der Waals surface area contributed by atoms with Gasteiger partial charge in [0.1, 0.15) is 23.3 Å². The van der Waals surface area contributed by atoms with Gasteiger partial charge in [0.05, 0.1) is 0 Å². The number of aryl methyl sites for hydroxylation is 1. The van der Waals surface area contributed by atoms with E-state index in [1.54, 1.807) is 20.8 Å². The summed E-state index contributed by atoms with van der Waals surface area (Å²) in [6.07, 6.45) is -0.138. The lowest BCUT2D eigenvalue weighted by atomic mass is 10.1. The van der Waals surface area contributed by atoms with Crippen molar-refractivity contribution in [1.82, 2.24) is 15.5 Å². The molecule has 1 N–H and O–H groups in total. The highest BCUT2D eigenvalue weighted by Gasteiger charge is 2.26. The monoisotopic (exact) mass is 353 g/mol. The topological polar surface area (TPSA) is 77.2 Å². The second kappa shape index (κ2) is 7.58. The molecule has 0 aliphatic heterocycles. The van der Waals surface area contributed by atoms with Gasteiger partial charge in [-0.05, 0) is 32.4 Å². The first kappa shape index (κ1) is 18.8. The lowest BCUT2D eigenvalue weighted by Gasteiger charge is -2.22. The number of aromatic nitrogens is 2. The summed E-state index contributed by atoms with van der Waals surface area (Å²) in [6, 6.07) is 2.44. The molecule has 0 bridgehead atoms. The van der Waals surface area contributed by atoms with Crippen molar-refractivity contribution in [3.8, 4) is 0 Å². The Morgan fingerprint density at radius 1 is 1.36 bits per heavy atom. The standard InChI is InChI=1S/C17H21F2N3O3/c1-5-14-21-15(25-22-14)13(20-16(23)24-17(2,3)4)8-10-6-7-11(18)9-12(10)19/h6-7,9,13H,5,8H2,1-4H3,(H,20,23). The van der Waals surface area contributed by atoms with Crippen LogP contribution in [0.25, 0.3) is 0 Å². The normalized spacial score (nSPS) is 12.7. The van der Waals surface area contributed by atoms with E-state index in [-0.39, 0.29) is 17.9 Å². The van der Waals surface area contributed by atoms with Crippen LogP contribution in [0.2, 0.25) is 0 Å². The summed E-state index contributed by atoms with van der Waals surface area (Å²) in [5.74, 6) is -0.799. The molecule has 0 spiro atoms. The number of carbonyl (C=O) groups excluding carboxylic acids is 1. The second-order valence-electron chi connectivity index (χ2n) is 6.54. The number of alkyl carbamates (subject to hydrolysis) is 1. The zero-order valence-corrected chi connectivity index (χ0v) is 14.6. The Morgan fingerprint density at radius 3 is 2.64 bits per heavy atom. The summed E-state index contributed by atoms with van der Waals surface area (Å²) in [5.41, 5.74) is -0.488. The predicted molar refractivity (Wildman–Crippen MR) is 85.8 cm³/mol. The maximum absolute atomic E-state index is 14.0. The molecule has 2 aromatic rings. The van der Waals surface area contributed by atoms with E-state index in [4.69, 9.17) is 9.26 Å². The van der Waals surface area contributed by atoms with E-state index in [1.165, 1.54) is 6.07 Å². The average molecular weight is 353 g/mol. The van der Waals surface area contributed by atoms with E-state index in [1.807, 2.05) is 6.92 Å². The molecule has 0 saturated carbocycles. The molecule has 0 saturated heterocycles. The summed E-state index contributed by atoms with van der Waals surface area (Å²) >= 11 is 0. The van der Waals surface area contributed by atoms with Gasteiger partial charge in [0.2, 0.25) is 5.89 Å². The highest BCUT2D eigenvalue weighted by molar-refractivity contribution is 5.68. The molecule has 0 fully saturated rings. The fraction of sp³-hybridized carbons (Fsp3) is 0.471. The molecule has 0 radical (unpaired) electrons. The van der Waals surface area contributed by atoms with Crippen LogP contribution in [-0.2, 0) is 17.6 Å². The van der Waals surface area contributed by atoms with Crippen molar-refractivity contribution in [2.24, 2.45) is 0 Å². The second-order valence-corrected chi connectivity index (χ2v) is 6.54. The van der Waals surface area contributed by atoms with E-state index in [0.29, 0.717) is 12.2 Å². The Kier molecular flexibility index (Phi) is 5.71. The van der Waals surface area contributed by atoms with Gasteiger partial charge in [-0.3, -0.25) is 0 Å². The number of hydrogen-bond acceptors (Lipinski definition) is 5. The average Bonchev–Trinajstić information content (AvgIpc) is 2.96. The summed E-state index contributed by atoms with van der Waals surface area (Å²) in [5, 5.41) is 6.38. The van der Waals surface area contributed by atoms with Gasteiger partial charge in [-0.2, -0.15) is 4.98 Å². The Balaban J connectivity index is 2.23. The highest BCUT2D eigenvalue weighted by atomic mass is 19.1. The number of nitrogens with one attached hydrogen (secondary N) is 1. The van der Waals surface area contributed by atoms with Gasteiger partial charge in [-0.15, -0.1) is 0 Å². The number of benzene rings is 1.